The highest BCUT2D eigenvalue weighted by atomic mass is 16.3. The second kappa shape index (κ2) is 4.32. The van der Waals surface area contributed by atoms with Crippen molar-refractivity contribution in [2.45, 2.75) is 0 Å². The molecular weight excluding hydrogens is 206 g/mol. The van der Waals surface area contributed by atoms with Crippen LogP contribution in [0.5, 0.6) is 0 Å². The third-order valence-electron chi connectivity index (χ3n) is 2.41. The van der Waals surface area contributed by atoms with Crippen LogP contribution in [0.2, 0.25) is 0 Å². The fourth-order valence-corrected chi connectivity index (χ4v) is 1.56. The van der Waals surface area contributed by atoms with Gasteiger partial charge in [-0.15, -0.1) is 0 Å². The van der Waals surface area contributed by atoms with E-state index < -0.39 is 0 Å². The highest BCUT2D eigenvalue weighted by molar-refractivity contribution is 5.97. The molecule has 1 aromatic carbocycles. The zero-order chi connectivity index (χ0) is 11.5. The SMILES string of the molecule is Cn1ncc2ccc(C(=O)NCCO)cc21. The largest absolute Gasteiger partial charge is 0.395 e. The van der Waals surface area contributed by atoms with Crippen LogP contribution in [0.4, 0.5) is 0 Å². The zero-order valence-electron chi connectivity index (χ0n) is 8.97. The lowest BCUT2D eigenvalue weighted by molar-refractivity contribution is 0.0945. The summed E-state index contributed by atoms with van der Waals surface area (Å²) in [5.74, 6) is -0.183. The lowest BCUT2D eigenvalue weighted by Crippen LogP contribution is -2.26. The predicted octanol–water partition coefficient (Wildman–Crippen LogP) is 0.295. The second-order valence-corrected chi connectivity index (χ2v) is 3.52. The van der Waals surface area contributed by atoms with Gasteiger partial charge < -0.3 is 10.4 Å². The molecule has 0 fully saturated rings. The molecule has 5 nitrogen and oxygen atoms in total. The molecule has 2 N–H and O–H groups in total. The van der Waals surface area contributed by atoms with E-state index in [1.807, 2.05) is 13.1 Å². The summed E-state index contributed by atoms with van der Waals surface area (Å²) in [5.41, 5.74) is 1.49. The van der Waals surface area contributed by atoms with Crippen molar-refractivity contribution in [1.29, 1.82) is 0 Å². The smallest absolute Gasteiger partial charge is 0.251 e. The van der Waals surface area contributed by atoms with Gasteiger partial charge in [0.1, 0.15) is 0 Å². The number of aromatic nitrogens is 2. The summed E-state index contributed by atoms with van der Waals surface area (Å²) in [6.07, 6.45) is 1.75. The Morgan fingerprint density at radius 2 is 2.38 bits per heavy atom. The monoisotopic (exact) mass is 219 g/mol. The van der Waals surface area contributed by atoms with E-state index in [2.05, 4.69) is 10.4 Å². The Labute approximate surface area is 92.7 Å². The van der Waals surface area contributed by atoms with Crippen molar-refractivity contribution in [3.63, 3.8) is 0 Å². The molecule has 0 unspecified atom stereocenters. The minimum atomic E-state index is -0.183. The van der Waals surface area contributed by atoms with Gasteiger partial charge in [-0.2, -0.15) is 5.10 Å². The van der Waals surface area contributed by atoms with Crippen molar-refractivity contribution in [3.05, 3.63) is 30.0 Å². The maximum absolute atomic E-state index is 11.6. The quantitative estimate of drug-likeness (QED) is 0.780. The van der Waals surface area contributed by atoms with Crippen LogP contribution in [0.25, 0.3) is 10.9 Å². The van der Waals surface area contributed by atoms with Crippen molar-refractivity contribution < 1.29 is 9.90 Å². The molecule has 2 aromatic rings. The summed E-state index contributed by atoms with van der Waals surface area (Å²) >= 11 is 0. The molecule has 0 radical (unpaired) electrons. The number of rotatable bonds is 3. The number of amides is 1. The maximum Gasteiger partial charge on any atom is 0.251 e. The first-order chi connectivity index (χ1) is 7.72. The highest BCUT2D eigenvalue weighted by Gasteiger charge is 2.07. The molecule has 0 atom stereocenters. The van der Waals surface area contributed by atoms with Gasteiger partial charge in [0.05, 0.1) is 18.3 Å². The van der Waals surface area contributed by atoms with E-state index in [0.717, 1.165) is 10.9 Å². The van der Waals surface area contributed by atoms with Crippen LogP contribution in [-0.4, -0.2) is 33.9 Å². The lowest BCUT2D eigenvalue weighted by Gasteiger charge is -2.03. The van der Waals surface area contributed by atoms with E-state index in [4.69, 9.17) is 5.11 Å². The number of nitrogens with zero attached hydrogens (tertiary/aromatic N) is 2. The molecule has 5 heteroatoms. The van der Waals surface area contributed by atoms with Crippen molar-refractivity contribution in [3.8, 4) is 0 Å². The van der Waals surface area contributed by atoms with Crippen molar-refractivity contribution in [2.24, 2.45) is 7.05 Å². The van der Waals surface area contributed by atoms with Gasteiger partial charge in [-0.3, -0.25) is 9.48 Å². The third-order valence-corrected chi connectivity index (χ3v) is 2.41. The standard InChI is InChI=1S/C11H13N3O2/c1-14-10-6-8(11(16)12-4-5-15)2-3-9(10)7-13-14/h2-3,6-7,15H,4-5H2,1H3,(H,12,16). The predicted molar refractivity (Wildman–Crippen MR) is 60.1 cm³/mol. The summed E-state index contributed by atoms with van der Waals surface area (Å²) in [7, 11) is 1.83. The third kappa shape index (κ3) is 1.90. The number of aryl methyl sites for hydroxylation is 1. The first-order valence-corrected chi connectivity index (χ1v) is 5.03. The number of carbonyl (C=O) groups excluding carboxylic acids is 1. The molecular formula is C11H13N3O2. The number of hydrogen-bond acceptors (Lipinski definition) is 3. The number of nitrogens with one attached hydrogen (secondary N) is 1. The Hall–Kier alpha value is -1.88. The molecule has 0 bridgehead atoms. The van der Waals surface area contributed by atoms with Crippen LogP contribution in [0.1, 0.15) is 10.4 Å². The molecule has 1 heterocycles. The fraction of sp³-hybridized carbons (Fsp3) is 0.273. The number of fused-ring (bicyclic) bond motifs is 1. The van der Waals surface area contributed by atoms with E-state index in [0.29, 0.717) is 5.56 Å². The van der Waals surface area contributed by atoms with Gasteiger partial charge >= 0.3 is 0 Å². The molecule has 0 aliphatic carbocycles. The van der Waals surface area contributed by atoms with E-state index in [1.165, 1.54) is 0 Å². The van der Waals surface area contributed by atoms with E-state index in [1.54, 1.807) is 23.0 Å². The molecule has 1 amide bonds. The lowest BCUT2D eigenvalue weighted by atomic mass is 10.1. The number of aliphatic hydroxyl groups excluding tert-OH is 1. The number of benzene rings is 1. The molecule has 1 aromatic heterocycles. The van der Waals surface area contributed by atoms with Crippen molar-refractivity contribution >= 4 is 16.8 Å². The van der Waals surface area contributed by atoms with Gasteiger partial charge in [-0.1, -0.05) is 6.07 Å². The van der Waals surface area contributed by atoms with Gasteiger partial charge in [0, 0.05) is 24.5 Å². The van der Waals surface area contributed by atoms with E-state index in [9.17, 15) is 4.79 Å². The molecule has 16 heavy (non-hydrogen) atoms. The van der Waals surface area contributed by atoms with E-state index >= 15 is 0 Å². The minimum absolute atomic E-state index is 0.0559. The number of hydrogen-bond donors (Lipinski definition) is 2. The Morgan fingerprint density at radius 1 is 1.56 bits per heavy atom. The molecule has 2 rings (SSSR count). The van der Waals surface area contributed by atoms with Crippen molar-refractivity contribution in [2.75, 3.05) is 13.2 Å². The van der Waals surface area contributed by atoms with Crippen LogP contribution in [0, 0.1) is 0 Å². The normalized spacial score (nSPS) is 10.6. The van der Waals surface area contributed by atoms with Gasteiger partial charge in [0.2, 0.25) is 0 Å². The number of carbonyl (C=O) groups is 1. The van der Waals surface area contributed by atoms with Gasteiger partial charge in [-0.05, 0) is 12.1 Å². The van der Waals surface area contributed by atoms with Gasteiger partial charge in [0.15, 0.2) is 0 Å². The first kappa shape index (κ1) is 10.6. The first-order valence-electron chi connectivity index (χ1n) is 5.03. The summed E-state index contributed by atoms with van der Waals surface area (Å²) in [5, 5.41) is 16.3. The molecule has 0 saturated carbocycles. The summed E-state index contributed by atoms with van der Waals surface area (Å²) in [4.78, 5) is 11.6. The van der Waals surface area contributed by atoms with Crippen LogP contribution < -0.4 is 5.32 Å². The Balaban J connectivity index is 2.31. The van der Waals surface area contributed by atoms with Gasteiger partial charge in [-0.25, -0.2) is 0 Å². The summed E-state index contributed by atoms with van der Waals surface area (Å²) in [6, 6.07) is 5.39. The Morgan fingerprint density at radius 3 is 3.12 bits per heavy atom. The summed E-state index contributed by atoms with van der Waals surface area (Å²) in [6.45, 7) is 0.210. The summed E-state index contributed by atoms with van der Waals surface area (Å²) < 4.78 is 1.72. The van der Waals surface area contributed by atoms with Crippen LogP contribution >= 0.6 is 0 Å². The van der Waals surface area contributed by atoms with Crippen LogP contribution in [-0.2, 0) is 7.05 Å². The number of aliphatic hydroxyl groups is 1. The maximum atomic E-state index is 11.6. The zero-order valence-corrected chi connectivity index (χ0v) is 8.97. The average molecular weight is 219 g/mol. The molecule has 84 valence electrons. The Kier molecular flexibility index (Phi) is 2.87. The molecule has 0 saturated heterocycles. The van der Waals surface area contributed by atoms with Crippen LogP contribution in [0.15, 0.2) is 24.4 Å². The fourth-order valence-electron chi connectivity index (χ4n) is 1.56. The molecule has 0 aliphatic heterocycles. The van der Waals surface area contributed by atoms with Crippen LogP contribution in [0.3, 0.4) is 0 Å². The topological polar surface area (TPSA) is 67.2 Å². The molecule has 0 aliphatic rings. The Bertz CT molecular complexity index is 519. The van der Waals surface area contributed by atoms with Crippen molar-refractivity contribution in [1.82, 2.24) is 15.1 Å². The minimum Gasteiger partial charge on any atom is -0.395 e. The van der Waals surface area contributed by atoms with Gasteiger partial charge in [0.25, 0.3) is 5.91 Å². The average Bonchev–Trinajstić information content (AvgIpc) is 2.67. The van der Waals surface area contributed by atoms with E-state index in [-0.39, 0.29) is 19.1 Å². The highest BCUT2D eigenvalue weighted by Crippen LogP contribution is 2.14. The molecule has 0 spiro atoms. The second-order valence-electron chi connectivity index (χ2n) is 3.52.